The lowest BCUT2D eigenvalue weighted by Crippen LogP contribution is -2.21. The van der Waals surface area contributed by atoms with Crippen LogP contribution in [-0.2, 0) is 4.74 Å². The Hall–Kier alpha value is -1.42. The highest BCUT2D eigenvalue weighted by molar-refractivity contribution is 5.83. The zero-order valence-corrected chi connectivity index (χ0v) is 12.0. The average molecular weight is 273 g/mol. The number of rotatable bonds is 8. The van der Waals surface area contributed by atoms with Gasteiger partial charge in [0, 0.05) is 12.6 Å². The second-order valence-corrected chi connectivity index (χ2v) is 4.97. The topological polar surface area (TPSA) is 41.5 Å². The first-order valence-electron chi connectivity index (χ1n) is 7.22. The molecule has 0 aliphatic carbocycles. The van der Waals surface area contributed by atoms with Crippen molar-refractivity contribution in [2.45, 2.75) is 19.4 Å². The molecule has 0 aliphatic heterocycles. The Balaban J connectivity index is 1.83. The SMILES string of the molecule is CC(NCCCOCCO)c1ccc2ccccc2c1. The van der Waals surface area contributed by atoms with E-state index in [1.165, 1.54) is 16.3 Å². The summed E-state index contributed by atoms with van der Waals surface area (Å²) in [5.74, 6) is 0. The number of nitrogens with one attached hydrogen (secondary N) is 1. The molecule has 0 saturated carbocycles. The Morgan fingerprint density at radius 1 is 1.10 bits per heavy atom. The molecule has 1 atom stereocenters. The van der Waals surface area contributed by atoms with Gasteiger partial charge in [0.2, 0.25) is 0 Å². The Morgan fingerprint density at radius 3 is 2.70 bits per heavy atom. The van der Waals surface area contributed by atoms with E-state index in [2.05, 4.69) is 54.7 Å². The second-order valence-electron chi connectivity index (χ2n) is 4.97. The van der Waals surface area contributed by atoms with Gasteiger partial charge in [-0.1, -0.05) is 36.4 Å². The van der Waals surface area contributed by atoms with Crippen LogP contribution in [0, 0.1) is 0 Å². The van der Waals surface area contributed by atoms with E-state index in [0.717, 1.165) is 13.0 Å². The van der Waals surface area contributed by atoms with Crippen molar-refractivity contribution < 1.29 is 9.84 Å². The third kappa shape index (κ3) is 4.30. The van der Waals surface area contributed by atoms with Crippen LogP contribution in [0.5, 0.6) is 0 Å². The molecule has 3 heteroatoms. The van der Waals surface area contributed by atoms with Crippen LogP contribution in [0.25, 0.3) is 10.8 Å². The van der Waals surface area contributed by atoms with Gasteiger partial charge in [-0.3, -0.25) is 0 Å². The van der Waals surface area contributed by atoms with E-state index in [1.54, 1.807) is 0 Å². The molecule has 0 fully saturated rings. The minimum atomic E-state index is 0.0981. The van der Waals surface area contributed by atoms with E-state index >= 15 is 0 Å². The summed E-state index contributed by atoms with van der Waals surface area (Å²) in [7, 11) is 0. The van der Waals surface area contributed by atoms with Gasteiger partial charge < -0.3 is 15.2 Å². The fourth-order valence-corrected chi connectivity index (χ4v) is 2.25. The molecule has 2 aromatic rings. The number of ether oxygens (including phenoxy) is 1. The Kier molecular flexibility index (Phi) is 5.99. The smallest absolute Gasteiger partial charge is 0.0697 e. The number of aliphatic hydroxyl groups is 1. The van der Waals surface area contributed by atoms with Crippen LogP contribution in [-0.4, -0.2) is 31.5 Å². The van der Waals surface area contributed by atoms with Gasteiger partial charge in [-0.15, -0.1) is 0 Å². The molecular weight excluding hydrogens is 250 g/mol. The lowest BCUT2D eigenvalue weighted by Gasteiger charge is -2.15. The van der Waals surface area contributed by atoms with Crippen LogP contribution in [0.3, 0.4) is 0 Å². The summed E-state index contributed by atoms with van der Waals surface area (Å²) in [6.07, 6.45) is 0.956. The standard InChI is InChI=1S/C17H23NO2/c1-14(18-9-4-11-20-12-10-19)16-8-7-15-5-2-3-6-17(15)13-16/h2-3,5-8,13-14,18-19H,4,9-12H2,1H3. The summed E-state index contributed by atoms with van der Waals surface area (Å²) in [6.45, 7) is 4.32. The number of benzene rings is 2. The number of aliphatic hydroxyl groups excluding tert-OH is 1. The van der Waals surface area contributed by atoms with Gasteiger partial charge in [0.25, 0.3) is 0 Å². The van der Waals surface area contributed by atoms with Crippen molar-refractivity contribution >= 4 is 10.8 Å². The minimum Gasteiger partial charge on any atom is -0.394 e. The lowest BCUT2D eigenvalue weighted by atomic mass is 10.0. The summed E-state index contributed by atoms with van der Waals surface area (Å²) in [5, 5.41) is 14.7. The van der Waals surface area contributed by atoms with E-state index in [-0.39, 0.29) is 6.61 Å². The predicted octanol–water partition coefficient (Wildman–Crippen LogP) is 2.89. The highest BCUT2D eigenvalue weighted by atomic mass is 16.5. The number of hydrogen-bond acceptors (Lipinski definition) is 3. The van der Waals surface area contributed by atoms with Crippen molar-refractivity contribution in [1.29, 1.82) is 0 Å². The van der Waals surface area contributed by atoms with Crippen LogP contribution in [0.15, 0.2) is 42.5 Å². The van der Waals surface area contributed by atoms with Crippen molar-refractivity contribution in [2.75, 3.05) is 26.4 Å². The molecule has 2 N–H and O–H groups in total. The van der Waals surface area contributed by atoms with E-state index in [9.17, 15) is 0 Å². The molecule has 0 amide bonds. The van der Waals surface area contributed by atoms with Crippen molar-refractivity contribution in [2.24, 2.45) is 0 Å². The third-order valence-electron chi connectivity index (χ3n) is 3.43. The van der Waals surface area contributed by atoms with Gasteiger partial charge in [-0.25, -0.2) is 0 Å². The van der Waals surface area contributed by atoms with Crippen LogP contribution in [0.2, 0.25) is 0 Å². The molecule has 108 valence electrons. The zero-order chi connectivity index (χ0) is 14.2. The summed E-state index contributed by atoms with van der Waals surface area (Å²) in [4.78, 5) is 0. The molecule has 2 rings (SSSR count). The van der Waals surface area contributed by atoms with Gasteiger partial charge in [0.15, 0.2) is 0 Å². The Bertz CT molecular complexity index is 527. The summed E-state index contributed by atoms with van der Waals surface area (Å²) in [5.41, 5.74) is 1.31. The van der Waals surface area contributed by atoms with E-state index in [1.807, 2.05) is 0 Å². The molecule has 0 saturated heterocycles. The van der Waals surface area contributed by atoms with Crippen molar-refractivity contribution in [1.82, 2.24) is 5.32 Å². The number of hydrogen-bond donors (Lipinski definition) is 2. The molecule has 0 heterocycles. The fraction of sp³-hybridized carbons (Fsp3) is 0.412. The molecule has 2 aromatic carbocycles. The van der Waals surface area contributed by atoms with Gasteiger partial charge in [-0.05, 0) is 42.3 Å². The van der Waals surface area contributed by atoms with Crippen molar-refractivity contribution in [3.63, 3.8) is 0 Å². The van der Waals surface area contributed by atoms with Crippen LogP contribution in [0.4, 0.5) is 0 Å². The van der Waals surface area contributed by atoms with Crippen LogP contribution in [0.1, 0.15) is 24.9 Å². The molecule has 0 aromatic heterocycles. The minimum absolute atomic E-state index is 0.0981. The molecule has 0 bridgehead atoms. The maximum Gasteiger partial charge on any atom is 0.0697 e. The quantitative estimate of drug-likeness (QED) is 0.727. The fourth-order valence-electron chi connectivity index (χ4n) is 2.25. The molecule has 3 nitrogen and oxygen atoms in total. The zero-order valence-electron chi connectivity index (χ0n) is 12.0. The average Bonchev–Trinajstić information content (AvgIpc) is 2.50. The molecule has 0 spiro atoms. The van der Waals surface area contributed by atoms with Gasteiger partial charge in [-0.2, -0.15) is 0 Å². The Morgan fingerprint density at radius 2 is 1.90 bits per heavy atom. The van der Waals surface area contributed by atoms with Crippen molar-refractivity contribution in [3.8, 4) is 0 Å². The maximum atomic E-state index is 8.61. The van der Waals surface area contributed by atoms with Gasteiger partial charge >= 0.3 is 0 Å². The van der Waals surface area contributed by atoms with E-state index < -0.39 is 0 Å². The molecule has 20 heavy (non-hydrogen) atoms. The summed E-state index contributed by atoms with van der Waals surface area (Å²) >= 11 is 0. The van der Waals surface area contributed by atoms with Crippen LogP contribution >= 0.6 is 0 Å². The summed E-state index contributed by atoms with van der Waals surface area (Å²) < 4.78 is 5.24. The largest absolute Gasteiger partial charge is 0.394 e. The molecule has 0 aliphatic rings. The maximum absolute atomic E-state index is 8.61. The predicted molar refractivity (Wildman–Crippen MR) is 82.9 cm³/mol. The van der Waals surface area contributed by atoms with E-state index in [0.29, 0.717) is 19.3 Å². The van der Waals surface area contributed by atoms with E-state index in [4.69, 9.17) is 9.84 Å². The first-order valence-corrected chi connectivity index (χ1v) is 7.22. The molecule has 1 unspecified atom stereocenters. The Labute approximate surface area is 120 Å². The highest BCUT2D eigenvalue weighted by Crippen LogP contribution is 2.20. The normalized spacial score (nSPS) is 12.7. The second kappa shape index (κ2) is 8.00. The highest BCUT2D eigenvalue weighted by Gasteiger charge is 2.05. The van der Waals surface area contributed by atoms with Crippen molar-refractivity contribution in [3.05, 3.63) is 48.0 Å². The van der Waals surface area contributed by atoms with Gasteiger partial charge in [0.05, 0.1) is 13.2 Å². The third-order valence-corrected chi connectivity index (χ3v) is 3.43. The molecule has 0 radical (unpaired) electrons. The monoisotopic (exact) mass is 273 g/mol. The first-order chi connectivity index (χ1) is 9.81. The summed E-state index contributed by atoms with van der Waals surface area (Å²) in [6, 6.07) is 15.4. The van der Waals surface area contributed by atoms with Gasteiger partial charge in [0.1, 0.15) is 0 Å². The first kappa shape index (κ1) is 15.0. The van der Waals surface area contributed by atoms with Crippen LogP contribution < -0.4 is 5.32 Å². The lowest BCUT2D eigenvalue weighted by molar-refractivity contribution is 0.0904. The molecular formula is C17H23NO2. The number of fused-ring (bicyclic) bond motifs is 1.